The van der Waals surface area contributed by atoms with Crippen LogP contribution in [0, 0.1) is 34.5 Å². The number of halogens is 1. The average molecular weight is 463 g/mol. The fourth-order valence-electron chi connectivity index (χ4n) is 7.55. The molecule has 0 amide bonds. The number of Topliss-reactive ketones (excluding diaryl/α,β-unsaturated/α-hetero) is 1. The predicted molar refractivity (Wildman–Crippen MR) is 119 cm³/mol. The number of esters is 1. The van der Waals surface area contributed by atoms with E-state index in [1.165, 1.54) is 12.2 Å². The zero-order chi connectivity index (χ0) is 24.6. The Morgan fingerprint density at radius 1 is 1.27 bits per heavy atom. The Kier molecular flexibility index (Phi) is 5.57. The average Bonchev–Trinajstić information content (AvgIpc) is 2.94. The summed E-state index contributed by atoms with van der Waals surface area (Å²) in [4.78, 5) is 37.1. The minimum atomic E-state index is -2.02. The Hall–Kier alpha value is -1.86. The molecule has 2 N–H and O–H groups in total. The number of alkyl halides is 1. The van der Waals surface area contributed by atoms with Crippen LogP contribution in [0.3, 0.4) is 0 Å². The molecule has 0 heterocycles. The molecule has 8 atom stereocenters. The third-order valence-corrected chi connectivity index (χ3v) is 9.46. The van der Waals surface area contributed by atoms with E-state index in [1.54, 1.807) is 40.7 Å². The standard InChI is InChI=1S/C26H35FO6/c1-14(2)22(31)33-13-21(30)26(32)15(3)10-19-18-7-6-16-11-17(28)8-9-23(16,4)25(18,27)20(29)12-24(19,26)5/h8-9,11,14-15,18-20,29,32H,6-7,10,12-13H2,1-5H3/t15?,18?,19?,20?,23?,24?,25-,26-/m0/s1. The number of hydrogen-bond acceptors (Lipinski definition) is 6. The van der Waals surface area contributed by atoms with Gasteiger partial charge in [-0.15, -0.1) is 0 Å². The van der Waals surface area contributed by atoms with Crippen LogP contribution in [0.15, 0.2) is 23.8 Å². The van der Waals surface area contributed by atoms with E-state index in [4.69, 9.17) is 4.74 Å². The van der Waals surface area contributed by atoms with Crippen molar-refractivity contribution in [2.75, 3.05) is 6.61 Å². The molecule has 6 unspecified atom stereocenters. The van der Waals surface area contributed by atoms with Crippen molar-refractivity contribution < 1.29 is 33.7 Å². The smallest absolute Gasteiger partial charge is 0.308 e. The Morgan fingerprint density at radius 3 is 2.58 bits per heavy atom. The van der Waals surface area contributed by atoms with Gasteiger partial charge in [0.2, 0.25) is 5.78 Å². The molecule has 4 aliphatic carbocycles. The van der Waals surface area contributed by atoms with Crippen LogP contribution in [0.25, 0.3) is 0 Å². The van der Waals surface area contributed by atoms with Crippen molar-refractivity contribution in [3.8, 4) is 0 Å². The second-order valence-electron chi connectivity index (χ2n) is 11.4. The molecule has 6 nitrogen and oxygen atoms in total. The van der Waals surface area contributed by atoms with Crippen molar-refractivity contribution in [1.29, 1.82) is 0 Å². The van der Waals surface area contributed by atoms with E-state index in [2.05, 4.69) is 0 Å². The number of allylic oxidation sites excluding steroid dienone is 4. The van der Waals surface area contributed by atoms with E-state index in [-0.39, 0.29) is 18.1 Å². The lowest BCUT2D eigenvalue weighted by Crippen LogP contribution is -2.69. The van der Waals surface area contributed by atoms with Gasteiger partial charge < -0.3 is 14.9 Å². The number of carbonyl (C=O) groups is 3. The summed E-state index contributed by atoms with van der Waals surface area (Å²) in [6, 6.07) is 0. The first-order chi connectivity index (χ1) is 15.2. The molecule has 0 aliphatic heterocycles. The number of ketones is 2. The van der Waals surface area contributed by atoms with E-state index < -0.39 is 64.3 Å². The van der Waals surface area contributed by atoms with Gasteiger partial charge in [-0.3, -0.25) is 14.4 Å². The molecule has 0 bridgehead atoms. The zero-order valence-electron chi connectivity index (χ0n) is 20.1. The lowest BCUT2D eigenvalue weighted by molar-refractivity contribution is -0.220. The van der Waals surface area contributed by atoms with Crippen LogP contribution in [0.5, 0.6) is 0 Å². The van der Waals surface area contributed by atoms with Crippen LogP contribution in [-0.2, 0) is 19.1 Å². The fraction of sp³-hybridized carbons (Fsp3) is 0.731. The van der Waals surface area contributed by atoms with Crippen molar-refractivity contribution in [3.05, 3.63) is 23.8 Å². The van der Waals surface area contributed by atoms with Crippen molar-refractivity contribution in [2.45, 2.75) is 77.7 Å². The normalized spacial score (nSPS) is 46.3. The van der Waals surface area contributed by atoms with Crippen LogP contribution in [-0.4, -0.2) is 51.7 Å². The van der Waals surface area contributed by atoms with Gasteiger partial charge in [-0.2, -0.15) is 0 Å². The molecule has 4 rings (SSSR count). The Bertz CT molecular complexity index is 954. The summed E-state index contributed by atoms with van der Waals surface area (Å²) < 4.78 is 22.2. The van der Waals surface area contributed by atoms with E-state index in [0.29, 0.717) is 24.8 Å². The lowest BCUT2D eigenvalue weighted by atomic mass is 9.44. The molecule has 0 radical (unpaired) electrons. The quantitative estimate of drug-likeness (QED) is 0.623. The molecule has 0 spiro atoms. The van der Waals surface area contributed by atoms with E-state index in [0.717, 1.165) is 0 Å². The SMILES string of the molecule is CC(C)C(=O)OCC(=O)[C@@]1(O)C(C)CC2C3CCC4=CC(=O)C=CC4(C)[C@@]3(F)C(O)CC21C. The monoisotopic (exact) mass is 462 g/mol. The molecule has 7 heteroatoms. The number of rotatable bonds is 4. The van der Waals surface area contributed by atoms with Crippen molar-refractivity contribution in [1.82, 2.24) is 0 Å². The Labute approximate surface area is 194 Å². The number of aliphatic hydroxyl groups excluding tert-OH is 1. The van der Waals surface area contributed by atoms with Gasteiger partial charge in [-0.25, -0.2) is 4.39 Å². The Balaban J connectivity index is 1.70. The molecule has 4 aliphatic rings. The number of hydrogen-bond donors (Lipinski definition) is 2. The molecule has 0 aromatic carbocycles. The maximum absolute atomic E-state index is 17.1. The minimum Gasteiger partial charge on any atom is -0.457 e. The Morgan fingerprint density at radius 2 is 1.94 bits per heavy atom. The molecule has 0 saturated heterocycles. The topological polar surface area (TPSA) is 101 Å². The molecular weight excluding hydrogens is 427 g/mol. The predicted octanol–water partition coefficient (Wildman–Crippen LogP) is 3.10. The van der Waals surface area contributed by atoms with Crippen molar-refractivity contribution in [3.63, 3.8) is 0 Å². The van der Waals surface area contributed by atoms with Crippen LogP contribution >= 0.6 is 0 Å². The molecule has 0 aromatic heterocycles. The molecule has 182 valence electrons. The first kappa shape index (κ1) is 24.3. The van der Waals surface area contributed by atoms with Gasteiger partial charge in [0.25, 0.3) is 0 Å². The first-order valence-corrected chi connectivity index (χ1v) is 12.0. The van der Waals surface area contributed by atoms with Crippen LogP contribution < -0.4 is 0 Å². The van der Waals surface area contributed by atoms with Crippen molar-refractivity contribution in [2.24, 2.45) is 34.5 Å². The third kappa shape index (κ3) is 3.00. The highest BCUT2D eigenvalue weighted by Gasteiger charge is 2.75. The second-order valence-corrected chi connectivity index (χ2v) is 11.4. The summed E-state index contributed by atoms with van der Waals surface area (Å²) in [7, 11) is 0. The highest BCUT2D eigenvalue weighted by Crippen LogP contribution is 2.70. The lowest BCUT2D eigenvalue weighted by Gasteiger charge is -2.62. The highest BCUT2D eigenvalue weighted by molar-refractivity contribution is 6.01. The maximum atomic E-state index is 17.1. The first-order valence-electron chi connectivity index (χ1n) is 12.0. The molecule has 3 fully saturated rings. The molecule has 3 saturated carbocycles. The highest BCUT2D eigenvalue weighted by atomic mass is 19.1. The van der Waals surface area contributed by atoms with Gasteiger partial charge in [-0.05, 0) is 56.6 Å². The van der Waals surface area contributed by atoms with Gasteiger partial charge in [0.1, 0.15) is 5.60 Å². The number of carbonyl (C=O) groups excluding carboxylic acids is 3. The molecule has 33 heavy (non-hydrogen) atoms. The fourth-order valence-corrected chi connectivity index (χ4v) is 7.55. The minimum absolute atomic E-state index is 0.0972. The van der Waals surface area contributed by atoms with Gasteiger partial charge in [0, 0.05) is 16.7 Å². The largest absolute Gasteiger partial charge is 0.457 e. The molecule has 0 aromatic rings. The summed E-state index contributed by atoms with van der Waals surface area (Å²) in [5.41, 5.74) is -5.36. The van der Waals surface area contributed by atoms with Crippen LogP contribution in [0.4, 0.5) is 4.39 Å². The number of aliphatic hydroxyl groups is 2. The van der Waals surface area contributed by atoms with E-state index >= 15 is 4.39 Å². The summed E-state index contributed by atoms with van der Waals surface area (Å²) in [5, 5.41) is 23.1. The summed E-state index contributed by atoms with van der Waals surface area (Å²) in [6.07, 6.45) is 4.29. The zero-order valence-corrected chi connectivity index (χ0v) is 20.1. The maximum Gasteiger partial charge on any atom is 0.308 e. The van der Waals surface area contributed by atoms with Crippen molar-refractivity contribution >= 4 is 17.5 Å². The number of fused-ring (bicyclic) bond motifs is 5. The third-order valence-electron chi connectivity index (χ3n) is 9.46. The van der Waals surface area contributed by atoms with E-state index in [1.807, 2.05) is 0 Å². The second kappa shape index (κ2) is 7.57. The van der Waals surface area contributed by atoms with Gasteiger partial charge >= 0.3 is 5.97 Å². The van der Waals surface area contributed by atoms with Gasteiger partial charge in [0.05, 0.1) is 12.0 Å². The van der Waals surface area contributed by atoms with Gasteiger partial charge in [-0.1, -0.05) is 39.3 Å². The number of ether oxygens (including phenoxy) is 1. The summed E-state index contributed by atoms with van der Waals surface area (Å²) in [5.74, 6) is -3.12. The van der Waals surface area contributed by atoms with Gasteiger partial charge in [0.15, 0.2) is 18.1 Å². The summed E-state index contributed by atoms with van der Waals surface area (Å²) >= 11 is 0. The van der Waals surface area contributed by atoms with Crippen LogP contribution in [0.1, 0.15) is 60.3 Å². The summed E-state index contributed by atoms with van der Waals surface area (Å²) in [6.45, 7) is 8.05. The van der Waals surface area contributed by atoms with E-state index in [9.17, 15) is 24.6 Å². The van der Waals surface area contributed by atoms with Crippen LogP contribution in [0.2, 0.25) is 0 Å². The molecular formula is C26H35FO6.